The van der Waals surface area contributed by atoms with Crippen molar-refractivity contribution in [1.82, 2.24) is 4.31 Å². The molecule has 1 amide bonds. The molecule has 0 spiro atoms. The van der Waals surface area contributed by atoms with Gasteiger partial charge in [-0.3, -0.25) is 4.79 Å². The molecular formula is C17H16ClN3O5S3. The first-order valence-corrected chi connectivity index (χ1v) is 11.9. The number of ether oxygens (including phenoxy) is 1. The molecule has 8 nitrogen and oxygen atoms in total. The van der Waals surface area contributed by atoms with E-state index < -0.39 is 27.9 Å². The standard InChI is InChI=1S/C17H16ClN3O5S3/c1-9-10(8-19)16(28-14(9)17(23)26-2)20-15(22)11-4-3-7-21(11)29(24,25)13-6-5-12(18)27-13/h5-6,11H,3-4,7H2,1-2H3,(H,20,22). The summed E-state index contributed by atoms with van der Waals surface area (Å²) in [6, 6.07) is 3.96. The molecule has 0 radical (unpaired) electrons. The lowest BCUT2D eigenvalue weighted by Gasteiger charge is -2.22. The first kappa shape index (κ1) is 21.7. The van der Waals surface area contributed by atoms with E-state index in [9.17, 15) is 23.3 Å². The van der Waals surface area contributed by atoms with Gasteiger partial charge in [0.2, 0.25) is 5.91 Å². The molecule has 1 saturated heterocycles. The number of hydrogen-bond donors (Lipinski definition) is 1. The number of methoxy groups -OCH3 is 1. The van der Waals surface area contributed by atoms with Gasteiger partial charge >= 0.3 is 5.97 Å². The number of nitrogens with one attached hydrogen (secondary N) is 1. The number of sulfonamides is 1. The van der Waals surface area contributed by atoms with Crippen LogP contribution in [0.4, 0.5) is 5.00 Å². The van der Waals surface area contributed by atoms with Gasteiger partial charge in [0.1, 0.15) is 26.2 Å². The van der Waals surface area contributed by atoms with Crippen molar-refractivity contribution in [3.63, 3.8) is 0 Å². The van der Waals surface area contributed by atoms with Crippen molar-refractivity contribution in [1.29, 1.82) is 5.26 Å². The molecule has 1 N–H and O–H groups in total. The van der Waals surface area contributed by atoms with Crippen LogP contribution < -0.4 is 5.32 Å². The van der Waals surface area contributed by atoms with Crippen molar-refractivity contribution >= 4 is 61.2 Å². The van der Waals surface area contributed by atoms with Gasteiger partial charge in [0, 0.05) is 6.54 Å². The molecule has 154 valence electrons. The summed E-state index contributed by atoms with van der Waals surface area (Å²) in [5.74, 6) is -1.16. The number of esters is 1. The Morgan fingerprint density at radius 2 is 2.10 bits per heavy atom. The molecule has 1 unspecified atom stereocenters. The zero-order valence-electron chi connectivity index (χ0n) is 15.4. The lowest BCUT2D eigenvalue weighted by molar-refractivity contribution is -0.119. The molecule has 1 aliphatic heterocycles. The van der Waals surface area contributed by atoms with Crippen molar-refractivity contribution in [2.45, 2.75) is 30.0 Å². The van der Waals surface area contributed by atoms with Crippen LogP contribution in [0.1, 0.15) is 33.6 Å². The third-order valence-electron chi connectivity index (χ3n) is 4.48. The molecule has 0 aliphatic carbocycles. The Bertz CT molecular complexity index is 1120. The highest BCUT2D eigenvalue weighted by molar-refractivity contribution is 7.91. The van der Waals surface area contributed by atoms with Crippen LogP contribution in [0.2, 0.25) is 4.34 Å². The van der Waals surface area contributed by atoms with Gasteiger partial charge in [-0.05, 0) is 37.5 Å². The van der Waals surface area contributed by atoms with Crippen molar-refractivity contribution in [2.24, 2.45) is 0 Å². The van der Waals surface area contributed by atoms with E-state index in [2.05, 4.69) is 5.32 Å². The number of nitrogens with zero attached hydrogens (tertiary/aromatic N) is 2. The lowest BCUT2D eigenvalue weighted by Crippen LogP contribution is -2.42. The maximum Gasteiger partial charge on any atom is 0.348 e. The summed E-state index contributed by atoms with van der Waals surface area (Å²) in [7, 11) is -2.64. The van der Waals surface area contributed by atoms with E-state index in [-0.39, 0.29) is 26.2 Å². The minimum atomic E-state index is -3.87. The SMILES string of the molecule is COC(=O)c1sc(NC(=O)C2CCCN2S(=O)(=O)c2ccc(Cl)s2)c(C#N)c1C. The zero-order valence-corrected chi connectivity index (χ0v) is 18.6. The summed E-state index contributed by atoms with van der Waals surface area (Å²) in [4.78, 5) is 25.0. The van der Waals surface area contributed by atoms with Crippen LogP contribution in [-0.4, -0.2) is 44.3 Å². The number of hydrogen-bond acceptors (Lipinski definition) is 8. The Kier molecular flexibility index (Phi) is 6.30. The van der Waals surface area contributed by atoms with Crippen molar-refractivity contribution in [3.8, 4) is 6.07 Å². The van der Waals surface area contributed by atoms with Gasteiger partial charge in [-0.1, -0.05) is 11.6 Å². The largest absolute Gasteiger partial charge is 0.465 e. The Balaban J connectivity index is 1.87. The van der Waals surface area contributed by atoms with Gasteiger partial charge in [-0.15, -0.1) is 22.7 Å². The number of carbonyl (C=O) groups is 2. The van der Waals surface area contributed by atoms with E-state index in [4.69, 9.17) is 16.3 Å². The van der Waals surface area contributed by atoms with Gasteiger partial charge < -0.3 is 10.1 Å². The normalized spacial score (nSPS) is 17.1. The summed E-state index contributed by atoms with van der Waals surface area (Å²) in [5, 5.41) is 12.2. The van der Waals surface area contributed by atoms with Crippen LogP contribution in [0.25, 0.3) is 0 Å². The first-order chi connectivity index (χ1) is 13.7. The third-order valence-corrected chi connectivity index (χ3v) is 9.28. The predicted octanol–water partition coefficient (Wildman–Crippen LogP) is 3.22. The van der Waals surface area contributed by atoms with Crippen LogP contribution in [0.5, 0.6) is 0 Å². The molecule has 0 bridgehead atoms. The molecular weight excluding hydrogens is 458 g/mol. The average molecular weight is 474 g/mol. The lowest BCUT2D eigenvalue weighted by atomic mass is 10.1. The van der Waals surface area contributed by atoms with E-state index in [0.717, 1.165) is 27.0 Å². The highest BCUT2D eigenvalue weighted by atomic mass is 35.5. The molecule has 3 heterocycles. The fourth-order valence-electron chi connectivity index (χ4n) is 3.06. The number of rotatable bonds is 5. The van der Waals surface area contributed by atoms with Crippen molar-refractivity contribution < 1.29 is 22.7 Å². The number of nitriles is 1. The minimum Gasteiger partial charge on any atom is -0.465 e. The molecule has 3 rings (SSSR count). The summed E-state index contributed by atoms with van der Waals surface area (Å²) >= 11 is 7.71. The number of halogens is 1. The summed E-state index contributed by atoms with van der Waals surface area (Å²) in [5.41, 5.74) is 0.560. The van der Waals surface area contributed by atoms with Gasteiger partial charge in [-0.2, -0.15) is 9.57 Å². The van der Waals surface area contributed by atoms with Crippen LogP contribution in [0, 0.1) is 18.3 Å². The van der Waals surface area contributed by atoms with Crippen molar-refractivity contribution in [3.05, 3.63) is 32.5 Å². The van der Waals surface area contributed by atoms with E-state index in [1.54, 1.807) is 6.92 Å². The predicted molar refractivity (Wildman–Crippen MR) is 110 cm³/mol. The third kappa shape index (κ3) is 4.04. The monoisotopic (exact) mass is 473 g/mol. The Labute approximate surface area is 180 Å². The Hall–Kier alpha value is -1.97. The van der Waals surface area contributed by atoms with E-state index in [1.165, 1.54) is 19.2 Å². The second-order valence-corrected chi connectivity index (χ2v) is 11.0. The van der Waals surface area contributed by atoms with Crippen LogP contribution in [0.3, 0.4) is 0 Å². The topological polar surface area (TPSA) is 117 Å². The molecule has 2 aromatic rings. The summed E-state index contributed by atoms with van der Waals surface area (Å²) in [6.07, 6.45) is 0.874. The molecule has 0 saturated carbocycles. The van der Waals surface area contributed by atoms with Crippen LogP contribution in [0.15, 0.2) is 16.3 Å². The highest BCUT2D eigenvalue weighted by Crippen LogP contribution is 2.35. The quantitative estimate of drug-likeness (QED) is 0.666. The fraction of sp³-hybridized carbons (Fsp3) is 0.353. The molecule has 2 aromatic heterocycles. The number of amides is 1. The molecule has 0 aromatic carbocycles. The molecule has 1 fully saturated rings. The van der Waals surface area contributed by atoms with Gasteiger partial charge in [0.25, 0.3) is 10.0 Å². The summed E-state index contributed by atoms with van der Waals surface area (Å²) in [6.45, 7) is 1.79. The van der Waals surface area contributed by atoms with Gasteiger partial charge in [0.05, 0.1) is 17.0 Å². The number of thiophene rings is 2. The maximum absolute atomic E-state index is 12.9. The molecule has 1 aliphatic rings. The highest BCUT2D eigenvalue weighted by Gasteiger charge is 2.40. The van der Waals surface area contributed by atoms with E-state index >= 15 is 0 Å². The zero-order chi connectivity index (χ0) is 21.3. The summed E-state index contributed by atoms with van der Waals surface area (Å²) < 4.78 is 32.1. The van der Waals surface area contributed by atoms with Gasteiger partial charge in [0.15, 0.2) is 0 Å². The number of carbonyl (C=O) groups excluding carboxylic acids is 2. The van der Waals surface area contributed by atoms with Crippen molar-refractivity contribution in [2.75, 3.05) is 19.0 Å². The van der Waals surface area contributed by atoms with Gasteiger partial charge in [-0.25, -0.2) is 13.2 Å². The van der Waals surface area contributed by atoms with E-state index in [1.807, 2.05) is 6.07 Å². The molecule has 29 heavy (non-hydrogen) atoms. The smallest absolute Gasteiger partial charge is 0.348 e. The molecule has 12 heteroatoms. The van der Waals surface area contributed by atoms with Crippen LogP contribution >= 0.6 is 34.3 Å². The van der Waals surface area contributed by atoms with Crippen LogP contribution in [-0.2, 0) is 19.6 Å². The first-order valence-electron chi connectivity index (χ1n) is 8.40. The maximum atomic E-state index is 12.9. The minimum absolute atomic E-state index is 0.0693. The number of anilines is 1. The second kappa shape index (κ2) is 8.41. The Morgan fingerprint density at radius 3 is 2.69 bits per heavy atom. The second-order valence-electron chi connectivity index (χ2n) is 6.19. The average Bonchev–Trinajstić information content (AvgIpc) is 3.40. The Morgan fingerprint density at radius 1 is 1.38 bits per heavy atom. The fourth-order valence-corrected chi connectivity index (χ4v) is 7.41. The molecule has 1 atom stereocenters. The van der Waals surface area contributed by atoms with E-state index in [0.29, 0.717) is 22.7 Å².